The Morgan fingerprint density at radius 1 is 1.03 bits per heavy atom. The molecule has 1 aliphatic carbocycles. The first kappa shape index (κ1) is 26.3. The molecule has 0 saturated heterocycles. The van der Waals surface area contributed by atoms with Gasteiger partial charge in [-0.1, -0.05) is 18.2 Å². The maximum atomic E-state index is 13.3. The van der Waals surface area contributed by atoms with Gasteiger partial charge in [0.1, 0.15) is 6.61 Å². The largest absolute Gasteiger partial charge is 0.476 e. The smallest absolute Gasteiger partial charge is 0.404 e. The van der Waals surface area contributed by atoms with Gasteiger partial charge in [0.05, 0.1) is 16.8 Å². The molecule has 2 amide bonds. The van der Waals surface area contributed by atoms with Crippen molar-refractivity contribution in [3.05, 3.63) is 54.2 Å². The highest BCUT2D eigenvalue weighted by Crippen LogP contribution is 2.29. The molecule has 2 heterocycles. The van der Waals surface area contributed by atoms with Gasteiger partial charge in [-0.05, 0) is 69.8 Å². The van der Waals surface area contributed by atoms with E-state index in [-0.39, 0.29) is 5.91 Å². The van der Waals surface area contributed by atoms with Crippen molar-refractivity contribution in [2.45, 2.75) is 25.7 Å². The molecule has 4 rings (SSSR count). The molecule has 0 bridgehead atoms. The molecule has 37 heavy (non-hydrogen) atoms. The summed E-state index contributed by atoms with van der Waals surface area (Å²) in [5.41, 5.74) is 2.84. The van der Waals surface area contributed by atoms with Crippen molar-refractivity contribution < 1.29 is 19.4 Å². The molecule has 196 valence electrons. The number of para-hydroxylation sites is 1. The molecule has 1 saturated carbocycles. The minimum Gasteiger partial charge on any atom is -0.476 e. The number of pyridine rings is 2. The van der Waals surface area contributed by atoms with Gasteiger partial charge < -0.3 is 25.4 Å². The molecule has 0 atom stereocenters. The van der Waals surface area contributed by atoms with Crippen LogP contribution >= 0.6 is 0 Å². The zero-order chi connectivity index (χ0) is 26.2. The molecule has 1 aliphatic rings. The lowest BCUT2D eigenvalue weighted by Gasteiger charge is -2.28. The van der Waals surface area contributed by atoms with E-state index < -0.39 is 6.09 Å². The Balaban J connectivity index is 1.42. The van der Waals surface area contributed by atoms with Gasteiger partial charge in [0.25, 0.3) is 5.91 Å². The SMILES string of the molecule is CN(C)CCOc1ccc(-c2cc(C(=O)NC[C@H]3CC[C@H](CNC(=O)O)CC3)c3ccccc3n2)cn1. The highest BCUT2D eigenvalue weighted by Gasteiger charge is 2.23. The van der Waals surface area contributed by atoms with Crippen LogP contribution in [0.25, 0.3) is 22.2 Å². The van der Waals surface area contributed by atoms with E-state index in [1.165, 1.54) is 0 Å². The molecule has 0 aliphatic heterocycles. The summed E-state index contributed by atoms with van der Waals surface area (Å²) in [5.74, 6) is 1.19. The van der Waals surface area contributed by atoms with Gasteiger partial charge in [0.15, 0.2) is 0 Å². The van der Waals surface area contributed by atoms with Crippen molar-refractivity contribution in [2.75, 3.05) is 40.3 Å². The predicted octanol–water partition coefficient (Wildman–Crippen LogP) is 4.04. The van der Waals surface area contributed by atoms with E-state index in [0.29, 0.717) is 48.7 Å². The van der Waals surface area contributed by atoms with Crippen LogP contribution in [0.3, 0.4) is 0 Å². The Hall–Kier alpha value is -3.72. The molecule has 1 aromatic carbocycles. The number of nitrogens with zero attached hydrogens (tertiary/aromatic N) is 3. The Morgan fingerprint density at radius 2 is 1.73 bits per heavy atom. The van der Waals surface area contributed by atoms with Gasteiger partial charge in [-0.25, -0.2) is 14.8 Å². The van der Waals surface area contributed by atoms with E-state index >= 15 is 0 Å². The van der Waals surface area contributed by atoms with Crippen molar-refractivity contribution in [1.82, 2.24) is 25.5 Å². The number of carbonyl (C=O) groups is 2. The maximum absolute atomic E-state index is 13.3. The number of benzene rings is 1. The lowest BCUT2D eigenvalue weighted by atomic mass is 9.82. The highest BCUT2D eigenvalue weighted by atomic mass is 16.5. The number of hydrogen-bond acceptors (Lipinski definition) is 6. The van der Waals surface area contributed by atoms with Crippen LogP contribution in [-0.4, -0.2) is 72.3 Å². The number of rotatable bonds is 10. The zero-order valence-corrected chi connectivity index (χ0v) is 21.4. The van der Waals surface area contributed by atoms with E-state index in [1.54, 1.807) is 6.20 Å². The van der Waals surface area contributed by atoms with Crippen molar-refractivity contribution in [3.8, 4) is 17.1 Å². The number of amides is 2. The number of carbonyl (C=O) groups excluding carboxylic acids is 1. The summed E-state index contributed by atoms with van der Waals surface area (Å²) in [7, 11) is 3.98. The third-order valence-corrected chi connectivity index (χ3v) is 6.84. The van der Waals surface area contributed by atoms with Crippen molar-refractivity contribution in [2.24, 2.45) is 11.8 Å². The fourth-order valence-corrected chi connectivity index (χ4v) is 4.66. The Labute approximate surface area is 217 Å². The van der Waals surface area contributed by atoms with Crippen molar-refractivity contribution in [1.29, 1.82) is 0 Å². The number of ether oxygens (including phenoxy) is 1. The van der Waals surface area contributed by atoms with Gasteiger partial charge >= 0.3 is 6.09 Å². The fourth-order valence-electron chi connectivity index (χ4n) is 4.66. The molecule has 9 heteroatoms. The predicted molar refractivity (Wildman–Crippen MR) is 143 cm³/mol. The summed E-state index contributed by atoms with van der Waals surface area (Å²) in [5, 5.41) is 15.2. The standard InChI is InChI=1S/C28H35N5O4/c1-33(2)13-14-37-26-12-11-21(18-29-26)25-15-23(22-5-3-4-6-24(22)32-25)27(34)30-16-19-7-9-20(10-8-19)17-31-28(35)36/h3-6,11-12,15,18-20,31H,7-10,13-14,16-17H2,1-2H3,(H,30,34)(H,35,36)/t19-,20-. The number of fused-ring (bicyclic) bond motifs is 1. The first-order chi connectivity index (χ1) is 17.9. The number of aromatic nitrogens is 2. The number of hydrogen-bond donors (Lipinski definition) is 3. The third-order valence-electron chi connectivity index (χ3n) is 6.84. The van der Waals surface area contributed by atoms with E-state index in [4.69, 9.17) is 14.8 Å². The molecule has 0 radical (unpaired) electrons. The van der Waals surface area contributed by atoms with Crippen LogP contribution in [0.1, 0.15) is 36.0 Å². The molecular weight excluding hydrogens is 470 g/mol. The normalized spacial score (nSPS) is 17.5. The average Bonchev–Trinajstić information content (AvgIpc) is 2.90. The van der Waals surface area contributed by atoms with E-state index in [2.05, 4.69) is 15.6 Å². The number of likely N-dealkylation sites (N-methyl/N-ethyl adjacent to an activating group) is 1. The molecule has 0 unspecified atom stereocenters. The van der Waals surface area contributed by atoms with E-state index in [0.717, 1.165) is 48.7 Å². The molecular formula is C28H35N5O4. The van der Waals surface area contributed by atoms with Crippen LogP contribution in [0.2, 0.25) is 0 Å². The van der Waals surface area contributed by atoms with E-state index in [9.17, 15) is 9.59 Å². The molecule has 2 aromatic heterocycles. The summed E-state index contributed by atoms with van der Waals surface area (Å²) in [6, 6.07) is 13.2. The summed E-state index contributed by atoms with van der Waals surface area (Å²) < 4.78 is 5.69. The summed E-state index contributed by atoms with van der Waals surface area (Å²) in [4.78, 5) is 35.3. The fraction of sp³-hybridized carbons (Fsp3) is 0.429. The van der Waals surface area contributed by atoms with Gasteiger partial charge in [-0.3, -0.25) is 4.79 Å². The minimum atomic E-state index is -0.974. The Bertz CT molecular complexity index is 1210. The minimum absolute atomic E-state index is 0.119. The van der Waals surface area contributed by atoms with Gasteiger partial charge in [0, 0.05) is 42.8 Å². The summed E-state index contributed by atoms with van der Waals surface area (Å²) in [6.45, 7) is 2.46. The number of carboxylic acid groups (broad SMARTS) is 1. The molecule has 9 nitrogen and oxygen atoms in total. The van der Waals surface area contributed by atoms with Crippen molar-refractivity contribution >= 4 is 22.9 Å². The third kappa shape index (κ3) is 7.39. The summed E-state index contributed by atoms with van der Waals surface area (Å²) >= 11 is 0. The maximum Gasteiger partial charge on any atom is 0.404 e. The van der Waals surface area contributed by atoms with Gasteiger partial charge in [-0.15, -0.1) is 0 Å². The lowest BCUT2D eigenvalue weighted by Crippen LogP contribution is -2.34. The zero-order valence-electron chi connectivity index (χ0n) is 21.4. The topological polar surface area (TPSA) is 117 Å². The lowest BCUT2D eigenvalue weighted by molar-refractivity contribution is 0.0942. The number of nitrogens with one attached hydrogen (secondary N) is 2. The second-order valence-electron chi connectivity index (χ2n) is 9.89. The molecule has 3 aromatic rings. The first-order valence-electron chi connectivity index (χ1n) is 12.8. The highest BCUT2D eigenvalue weighted by molar-refractivity contribution is 6.07. The molecule has 3 N–H and O–H groups in total. The quantitative estimate of drug-likeness (QED) is 0.381. The Morgan fingerprint density at radius 3 is 2.38 bits per heavy atom. The van der Waals surface area contributed by atoms with Crippen LogP contribution in [0.5, 0.6) is 5.88 Å². The van der Waals surface area contributed by atoms with Crippen molar-refractivity contribution in [3.63, 3.8) is 0 Å². The van der Waals surface area contributed by atoms with Crippen LogP contribution in [-0.2, 0) is 0 Å². The van der Waals surface area contributed by atoms with Gasteiger partial charge in [-0.2, -0.15) is 0 Å². The van der Waals surface area contributed by atoms with E-state index in [1.807, 2.05) is 61.5 Å². The second kappa shape index (κ2) is 12.5. The average molecular weight is 506 g/mol. The monoisotopic (exact) mass is 505 g/mol. The molecule has 1 fully saturated rings. The van der Waals surface area contributed by atoms with Gasteiger partial charge in [0.2, 0.25) is 5.88 Å². The van der Waals surface area contributed by atoms with Crippen LogP contribution in [0.15, 0.2) is 48.7 Å². The van der Waals surface area contributed by atoms with Crippen LogP contribution in [0, 0.1) is 11.8 Å². The van der Waals surface area contributed by atoms with Crippen LogP contribution < -0.4 is 15.4 Å². The second-order valence-corrected chi connectivity index (χ2v) is 9.89. The summed E-state index contributed by atoms with van der Waals surface area (Å²) in [6.07, 6.45) is 4.63. The first-order valence-corrected chi connectivity index (χ1v) is 12.8. The van der Waals surface area contributed by atoms with Crippen LogP contribution in [0.4, 0.5) is 4.79 Å². The Kier molecular flexibility index (Phi) is 8.90. The molecule has 0 spiro atoms.